The van der Waals surface area contributed by atoms with Crippen LogP contribution in [-0.2, 0) is 0 Å². The van der Waals surface area contributed by atoms with E-state index in [-0.39, 0.29) is 6.04 Å². The summed E-state index contributed by atoms with van der Waals surface area (Å²) in [5, 5.41) is 3.91. The second-order valence-corrected chi connectivity index (χ2v) is 4.53. The number of halogens is 2. The lowest BCUT2D eigenvalue weighted by Gasteiger charge is -2.15. The molecule has 0 aliphatic rings. The second kappa shape index (κ2) is 5.54. The highest BCUT2D eigenvalue weighted by molar-refractivity contribution is 9.10. The first-order valence-corrected chi connectivity index (χ1v) is 5.59. The summed E-state index contributed by atoms with van der Waals surface area (Å²) in [7, 11) is 0. The molecule has 0 saturated heterocycles. The molecule has 0 bridgehead atoms. The van der Waals surface area contributed by atoms with E-state index in [4.69, 9.17) is 11.6 Å². The topological polar surface area (TPSA) is 12.0 Å². The van der Waals surface area contributed by atoms with Gasteiger partial charge in [-0.25, -0.2) is 0 Å². The molecular formula is C11H13BrClN. The summed E-state index contributed by atoms with van der Waals surface area (Å²) in [4.78, 5) is 0. The number of hydrogen-bond acceptors (Lipinski definition) is 1. The number of benzene rings is 1. The zero-order valence-electron chi connectivity index (χ0n) is 8.06. The first-order valence-electron chi connectivity index (χ1n) is 4.42. The minimum Gasteiger partial charge on any atom is -0.305 e. The molecule has 1 nitrogen and oxygen atoms in total. The Balaban J connectivity index is 2.65. The Kier molecular flexibility index (Phi) is 4.66. The van der Waals surface area contributed by atoms with Crippen LogP contribution in [-0.4, -0.2) is 6.54 Å². The molecule has 0 aliphatic carbocycles. The fourth-order valence-corrected chi connectivity index (χ4v) is 1.91. The van der Waals surface area contributed by atoms with Gasteiger partial charge in [-0.05, 0) is 18.6 Å². The molecule has 1 aromatic rings. The normalized spacial score (nSPS) is 12.5. The highest BCUT2D eigenvalue weighted by Crippen LogP contribution is 2.22. The van der Waals surface area contributed by atoms with Gasteiger partial charge in [0.2, 0.25) is 0 Å². The van der Waals surface area contributed by atoms with E-state index < -0.39 is 0 Å². The first kappa shape index (κ1) is 11.8. The van der Waals surface area contributed by atoms with E-state index in [1.54, 1.807) is 0 Å². The standard InChI is InChI=1S/C11H13BrClN/c1-8(13)7-14-9(2)10-5-3-4-6-11(10)12/h3-6,9,14H,1,7H2,2H3/t9-/m1/s1. The van der Waals surface area contributed by atoms with Crippen molar-refractivity contribution < 1.29 is 0 Å². The van der Waals surface area contributed by atoms with Crippen LogP contribution in [0.15, 0.2) is 40.3 Å². The van der Waals surface area contributed by atoms with E-state index in [0.29, 0.717) is 11.6 Å². The second-order valence-electron chi connectivity index (χ2n) is 3.14. The molecule has 1 N–H and O–H groups in total. The van der Waals surface area contributed by atoms with Gasteiger partial charge in [-0.3, -0.25) is 0 Å². The van der Waals surface area contributed by atoms with Crippen molar-refractivity contribution in [1.29, 1.82) is 0 Å². The molecule has 1 atom stereocenters. The molecule has 1 aromatic carbocycles. The number of rotatable bonds is 4. The third kappa shape index (κ3) is 3.45. The highest BCUT2D eigenvalue weighted by atomic mass is 79.9. The minimum absolute atomic E-state index is 0.265. The van der Waals surface area contributed by atoms with Crippen LogP contribution in [0.4, 0.5) is 0 Å². The summed E-state index contributed by atoms with van der Waals surface area (Å²) in [5.74, 6) is 0. The molecule has 14 heavy (non-hydrogen) atoms. The van der Waals surface area contributed by atoms with Gasteiger partial charge in [0.1, 0.15) is 0 Å². The fraction of sp³-hybridized carbons (Fsp3) is 0.273. The average molecular weight is 275 g/mol. The van der Waals surface area contributed by atoms with Crippen molar-refractivity contribution in [1.82, 2.24) is 5.32 Å². The van der Waals surface area contributed by atoms with Crippen LogP contribution in [0.5, 0.6) is 0 Å². The fourth-order valence-electron chi connectivity index (χ4n) is 1.20. The van der Waals surface area contributed by atoms with Gasteiger partial charge < -0.3 is 5.32 Å². The van der Waals surface area contributed by atoms with Crippen LogP contribution in [0.25, 0.3) is 0 Å². The summed E-state index contributed by atoms with van der Waals surface area (Å²) in [6, 6.07) is 8.40. The van der Waals surface area contributed by atoms with Gasteiger partial charge in [-0.1, -0.05) is 52.3 Å². The molecule has 0 aliphatic heterocycles. The Hall–Kier alpha value is -0.310. The maximum atomic E-state index is 5.68. The van der Waals surface area contributed by atoms with Crippen molar-refractivity contribution >= 4 is 27.5 Å². The lowest BCUT2D eigenvalue weighted by Crippen LogP contribution is -2.20. The monoisotopic (exact) mass is 273 g/mol. The van der Waals surface area contributed by atoms with E-state index in [1.807, 2.05) is 18.2 Å². The molecule has 0 unspecified atom stereocenters. The van der Waals surface area contributed by atoms with Gasteiger partial charge in [-0.15, -0.1) is 0 Å². The van der Waals surface area contributed by atoms with Crippen molar-refractivity contribution in [2.75, 3.05) is 6.54 Å². The molecule has 76 valence electrons. The highest BCUT2D eigenvalue weighted by Gasteiger charge is 2.07. The third-order valence-electron chi connectivity index (χ3n) is 1.97. The maximum absolute atomic E-state index is 5.68. The lowest BCUT2D eigenvalue weighted by atomic mass is 10.1. The van der Waals surface area contributed by atoms with E-state index in [0.717, 1.165) is 4.47 Å². The van der Waals surface area contributed by atoms with Gasteiger partial charge in [0, 0.05) is 22.1 Å². The Bertz CT molecular complexity index is 325. The largest absolute Gasteiger partial charge is 0.305 e. The summed E-state index contributed by atoms with van der Waals surface area (Å²) in [6.07, 6.45) is 0. The molecule has 0 heterocycles. The van der Waals surface area contributed by atoms with E-state index >= 15 is 0 Å². The van der Waals surface area contributed by atoms with Crippen molar-refractivity contribution in [2.45, 2.75) is 13.0 Å². The van der Waals surface area contributed by atoms with E-state index in [9.17, 15) is 0 Å². The van der Waals surface area contributed by atoms with Crippen LogP contribution >= 0.6 is 27.5 Å². The molecule has 0 fully saturated rings. The Morgan fingerprint density at radius 1 is 1.57 bits per heavy atom. The first-order chi connectivity index (χ1) is 6.61. The van der Waals surface area contributed by atoms with Gasteiger partial charge in [-0.2, -0.15) is 0 Å². The molecule has 1 rings (SSSR count). The van der Waals surface area contributed by atoms with Gasteiger partial charge >= 0.3 is 0 Å². The number of hydrogen-bond donors (Lipinski definition) is 1. The summed E-state index contributed by atoms with van der Waals surface area (Å²) >= 11 is 9.19. The Morgan fingerprint density at radius 3 is 2.79 bits per heavy atom. The van der Waals surface area contributed by atoms with Gasteiger partial charge in [0.05, 0.1) is 0 Å². The molecule has 0 spiro atoms. The van der Waals surface area contributed by atoms with Crippen molar-refractivity contribution in [3.05, 3.63) is 45.9 Å². The lowest BCUT2D eigenvalue weighted by molar-refractivity contribution is 0.612. The van der Waals surface area contributed by atoms with E-state index in [2.05, 4.69) is 40.8 Å². The van der Waals surface area contributed by atoms with Crippen molar-refractivity contribution in [3.63, 3.8) is 0 Å². The minimum atomic E-state index is 0.265. The van der Waals surface area contributed by atoms with Crippen LogP contribution in [0.2, 0.25) is 0 Å². The molecule has 0 amide bonds. The number of nitrogens with one attached hydrogen (secondary N) is 1. The maximum Gasteiger partial charge on any atom is 0.0313 e. The molecule has 0 aromatic heterocycles. The average Bonchev–Trinajstić information content (AvgIpc) is 2.15. The predicted molar refractivity (Wildman–Crippen MR) is 65.6 cm³/mol. The third-order valence-corrected chi connectivity index (χ3v) is 2.83. The molecule has 0 radical (unpaired) electrons. The smallest absolute Gasteiger partial charge is 0.0313 e. The molecule has 0 saturated carbocycles. The van der Waals surface area contributed by atoms with Crippen LogP contribution in [0, 0.1) is 0 Å². The zero-order valence-corrected chi connectivity index (χ0v) is 10.4. The van der Waals surface area contributed by atoms with Crippen molar-refractivity contribution in [3.8, 4) is 0 Å². The molecule has 3 heteroatoms. The Labute approximate surface area is 98.3 Å². The van der Waals surface area contributed by atoms with Gasteiger partial charge in [0.25, 0.3) is 0 Å². The van der Waals surface area contributed by atoms with Crippen LogP contribution < -0.4 is 5.32 Å². The zero-order chi connectivity index (χ0) is 10.6. The summed E-state index contributed by atoms with van der Waals surface area (Å²) in [6.45, 7) is 6.36. The summed E-state index contributed by atoms with van der Waals surface area (Å²) in [5.41, 5.74) is 1.23. The SMILES string of the molecule is C=C(Cl)CN[C@H](C)c1ccccc1Br. The van der Waals surface area contributed by atoms with Crippen LogP contribution in [0.1, 0.15) is 18.5 Å². The van der Waals surface area contributed by atoms with Crippen LogP contribution in [0.3, 0.4) is 0 Å². The quantitative estimate of drug-likeness (QED) is 0.879. The van der Waals surface area contributed by atoms with Crippen molar-refractivity contribution in [2.24, 2.45) is 0 Å². The Morgan fingerprint density at radius 2 is 2.21 bits per heavy atom. The molecular weight excluding hydrogens is 261 g/mol. The van der Waals surface area contributed by atoms with Gasteiger partial charge in [0.15, 0.2) is 0 Å². The summed E-state index contributed by atoms with van der Waals surface area (Å²) < 4.78 is 1.11. The predicted octanol–water partition coefficient (Wildman–Crippen LogP) is 3.85. The van der Waals surface area contributed by atoms with E-state index in [1.165, 1.54) is 5.56 Å².